The van der Waals surface area contributed by atoms with Crippen molar-refractivity contribution in [1.29, 1.82) is 0 Å². The number of nitro benzene ring substituents is 1. The summed E-state index contributed by atoms with van der Waals surface area (Å²) in [4.78, 5) is 37.4. The minimum atomic E-state index is -0.634. The van der Waals surface area contributed by atoms with E-state index in [0.717, 1.165) is 38.5 Å². The van der Waals surface area contributed by atoms with E-state index in [2.05, 4.69) is 46.7 Å². The van der Waals surface area contributed by atoms with E-state index in [1.54, 1.807) is 0 Å². The number of nitrogens with zero attached hydrogens (tertiary/aromatic N) is 2. The first-order valence-electron chi connectivity index (χ1n) is 10.5. The lowest BCUT2D eigenvalue weighted by Gasteiger charge is -2.32. The van der Waals surface area contributed by atoms with Crippen LogP contribution in [0.15, 0.2) is 36.4 Å². The second-order valence-electron chi connectivity index (χ2n) is 8.02. The molecule has 2 N–H and O–H groups in total. The Kier molecular flexibility index (Phi) is 7.42. The summed E-state index contributed by atoms with van der Waals surface area (Å²) in [7, 11) is 1.37. The molecule has 2 aromatic carbocycles. The van der Waals surface area contributed by atoms with Crippen molar-refractivity contribution in [1.82, 2.24) is 10.2 Å². The molecule has 0 aliphatic carbocycles. The highest BCUT2D eigenvalue weighted by molar-refractivity contribution is 6.00. The number of methoxy groups -OCH3 is 1. The van der Waals surface area contributed by atoms with E-state index in [0.29, 0.717) is 0 Å². The predicted molar refractivity (Wildman–Crippen MR) is 121 cm³/mol. The molecule has 2 amide bonds. The molecule has 0 saturated carbocycles. The van der Waals surface area contributed by atoms with Gasteiger partial charge in [-0.1, -0.05) is 29.8 Å². The van der Waals surface area contributed by atoms with Crippen molar-refractivity contribution in [2.24, 2.45) is 0 Å². The van der Waals surface area contributed by atoms with Gasteiger partial charge in [-0.2, -0.15) is 0 Å². The van der Waals surface area contributed by atoms with Gasteiger partial charge in [0.05, 0.1) is 17.6 Å². The third kappa shape index (κ3) is 5.82. The highest BCUT2D eigenvalue weighted by Gasteiger charge is 2.26. The lowest BCUT2D eigenvalue weighted by molar-refractivity contribution is -0.384. The van der Waals surface area contributed by atoms with E-state index in [1.807, 2.05) is 0 Å². The zero-order chi connectivity index (χ0) is 23.3. The Morgan fingerprint density at radius 2 is 1.84 bits per heavy atom. The number of anilines is 1. The first-order valence-corrected chi connectivity index (χ1v) is 10.5. The number of amides is 2. The maximum Gasteiger partial charge on any atom is 0.293 e. The molecule has 0 atom stereocenters. The van der Waals surface area contributed by atoms with Crippen molar-refractivity contribution in [3.8, 4) is 5.75 Å². The molecule has 3 rings (SSSR count). The Labute approximate surface area is 186 Å². The SMILES string of the molecule is COc1cc(NC(C)=O)c([N+](=O)[O-])cc1C(=O)NC1CCN(Cc2ccc(C)cc2)CC1. The summed E-state index contributed by atoms with van der Waals surface area (Å²) in [5.41, 5.74) is 2.18. The molecule has 9 heteroatoms. The predicted octanol–water partition coefficient (Wildman–Crippen LogP) is 3.26. The average Bonchev–Trinajstić information content (AvgIpc) is 2.75. The molecule has 1 aliphatic rings. The van der Waals surface area contributed by atoms with Crippen molar-refractivity contribution in [3.05, 3.63) is 63.2 Å². The number of ether oxygens (including phenoxy) is 1. The average molecular weight is 441 g/mol. The Balaban J connectivity index is 1.65. The van der Waals surface area contributed by atoms with Gasteiger partial charge in [0.15, 0.2) is 0 Å². The normalized spacial score (nSPS) is 14.6. The number of carbonyl (C=O) groups excluding carboxylic acids is 2. The molecule has 2 aromatic rings. The summed E-state index contributed by atoms with van der Waals surface area (Å²) in [6.45, 7) is 5.87. The number of likely N-dealkylation sites (tertiary alicyclic amines) is 1. The van der Waals surface area contributed by atoms with E-state index in [4.69, 9.17) is 4.74 Å². The first-order chi connectivity index (χ1) is 15.3. The molecule has 1 aliphatic heterocycles. The summed E-state index contributed by atoms with van der Waals surface area (Å²) in [5, 5.41) is 16.8. The molecule has 1 heterocycles. The fraction of sp³-hybridized carbons (Fsp3) is 0.391. The first kappa shape index (κ1) is 23.2. The van der Waals surface area contributed by atoms with Gasteiger partial charge in [0.1, 0.15) is 11.4 Å². The molecule has 170 valence electrons. The van der Waals surface area contributed by atoms with Gasteiger partial charge in [-0.25, -0.2) is 0 Å². The molecule has 0 spiro atoms. The molecule has 0 aromatic heterocycles. The monoisotopic (exact) mass is 440 g/mol. The van der Waals surface area contributed by atoms with Gasteiger partial charge in [0.25, 0.3) is 11.6 Å². The molecular formula is C23H28N4O5. The van der Waals surface area contributed by atoms with Gasteiger partial charge < -0.3 is 15.4 Å². The lowest BCUT2D eigenvalue weighted by atomic mass is 10.0. The number of hydrogen-bond donors (Lipinski definition) is 2. The van der Waals surface area contributed by atoms with Gasteiger partial charge in [-0.05, 0) is 25.3 Å². The number of rotatable bonds is 7. The number of carbonyl (C=O) groups is 2. The molecule has 32 heavy (non-hydrogen) atoms. The quantitative estimate of drug-likeness (QED) is 0.505. The largest absolute Gasteiger partial charge is 0.496 e. The Hall–Kier alpha value is -3.46. The van der Waals surface area contributed by atoms with Gasteiger partial charge >= 0.3 is 0 Å². The maximum absolute atomic E-state index is 12.9. The number of hydrogen-bond acceptors (Lipinski definition) is 6. The number of benzene rings is 2. The van der Waals surface area contributed by atoms with Crippen LogP contribution in [0.4, 0.5) is 11.4 Å². The minimum Gasteiger partial charge on any atom is -0.496 e. The van der Waals surface area contributed by atoms with E-state index in [-0.39, 0.29) is 28.7 Å². The van der Waals surface area contributed by atoms with Crippen molar-refractivity contribution in [2.45, 2.75) is 39.3 Å². The zero-order valence-corrected chi connectivity index (χ0v) is 18.5. The van der Waals surface area contributed by atoms with E-state index in [9.17, 15) is 19.7 Å². The van der Waals surface area contributed by atoms with Crippen LogP contribution in [0.3, 0.4) is 0 Å². The van der Waals surface area contributed by atoms with Gasteiger partial charge in [0.2, 0.25) is 5.91 Å². The second-order valence-corrected chi connectivity index (χ2v) is 8.02. The summed E-state index contributed by atoms with van der Waals surface area (Å²) in [5.74, 6) is -0.727. The third-order valence-electron chi connectivity index (χ3n) is 5.52. The van der Waals surface area contributed by atoms with Crippen molar-refractivity contribution in [2.75, 3.05) is 25.5 Å². The summed E-state index contributed by atoms with van der Waals surface area (Å²) in [6.07, 6.45) is 1.57. The molecular weight excluding hydrogens is 412 g/mol. The van der Waals surface area contributed by atoms with Crippen LogP contribution in [0.25, 0.3) is 0 Å². The van der Waals surface area contributed by atoms with Crippen LogP contribution in [0.2, 0.25) is 0 Å². The smallest absolute Gasteiger partial charge is 0.293 e. The summed E-state index contributed by atoms with van der Waals surface area (Å²) < 4.78 is 5.26. The highest BCUT2D eigenvalue weighted by Crippen LogP contribution is 2.33. The number of nitro groups is 1. The number of piperidine rings is 1. The van der Waals surface area contributed by atoms with Crippen LogP contribution in [-0.2, 0) is 11.3 Å². The molecule has 0 radical (unpaired) electrons. The van der Waals surface area contributed by atoms with Gasteiger partial charge in [-0.3, -0.25) is 24.6 Å². The topological polar surface area (TPSA) is 114 Å². The molecule has 0 unspecified atom stereocenters. The van der Waals surface area contributed by atoms with Crippen LogP contribution in [0, 0.1) is 17.0 Å². The van der Waals surface area contributed by atoms with E-state index >= 15 is 0 Å². The van der Waals surface area contributed by atoms with Crippen LogP contribution in [0.1, 0.15) is 41.3 Å². The Morgan fingerprint density at radius 3 is 2.41 bits per heavy atom. The second kappa shape index (κ2) is 10.2. The Morgan fingerprint density at radius 1 is 1.19 bits per heavy atom. The van der Waals surface area contributed by atoms with Crippen molar-refractivity contribution >= 4 is 23.2 Å². The number of nitrogens with one attached hydrogen (secondary N) is 2. The van der Waals surface area contributed by atoms with Crippen molar-refractivity contribution in [3.63, 3.8) is 0 Å². The minimum absolute atomic E-state index is 0.0136. The molecule has 0 bridgehead atoms. The van der Waals surface area contributed by atoms with Gasteiger partial charge in [0, 0.05) is 44.7 Å². The van der Waals surface area contributed by atoms with Gasteiger partial charge in [-0.15, -0.1) is 0 Å². The summed E-state index contributed by atoms with van der Waals surface area (Å²) >= 11 is 0. The number of aryl methyl sites for hydroxylation is 1. The fourth-order valence-electron chi connectivity index (χ4n) is 3.81. The van der Waals surface area contributed by atoms with Crippen molar-refractivity contribution < 1.29 is 19.2 Å². The van der Waals surface area contributed by atoms with Crippen LogP contribution in [-0.4, -0.2) is 47.9 Å². The molecule has 1 saturated heterocycles. The van der Waals surface area contributed by atoms with Crippen LogP contribution in [0.5, 0.6) is 5.75 Å². The third-order valence-corrected chi connectivity index (χ3v) is 5.52. The van der Waals surface area contributed by atoms with E-state index in [1.165, 1.54) is 31.2 Å². The lowest BCUT2D eigenvalue weighted by Crippen LogP contribution is -2.44. The zero-order valence-electron chi connectivity index (χ0n) is 18.5. The fourth-order valence-corrected chi connectivity index (χ4v) is 3.81. The molecule has 1 fully saturated rings. The Bertz CT molecular complexity index is 998. The van der Waals surface area contributed by atoms with Crippen LogP contribution >= 0.6 is 0 Å². The highest BCUT2D eigenvalue weighted by atomic mass is 16.6. The molecule has 9 nitrogen and oxygen atoms in total. The van der Waals surface area contributed by atoms with E-state index < -0.39 is 16.7 Å². The maximum atomic E-state index is 12.9. The standard InChI is InChI=1S/C23H28N4O5/c1-15-4-6-17(7-5-15)14-26-10-8-18(9-11-26)25-23(29)19-12-21(27(30)31)20(24-16(2)28)13-22(19)32-3/h4-7,12-13,18H,8-11,14H2,1-3H3,(H,24,28)(H,25,29). The summed E-state index contributed by atoms with van der Waals surface area (Å²) in [6, 6.07) is 10.9. The van der Waals surface area contributed by atoms with Crippen LogP contribution < -0.4 is 15.4 Å².